The van der Waals surface area contributed by atoms with E-state index in [1.165, 1.54) is 6.33 Å². The first-order valence-electron chi connectivity index (χ1n) is 9.65. The van der Waals surface area contributed by atoms with E-state index in [4.69, 9.17) is 9.47 Å². The zero-order valence-corrected chi connectivity index (χ0v) is 16.7. The summed E-state index contributed by atoms with van der Waals surface area (Å²) in [6.07, 6.45) is 1.52. The number of aromatic nitrogens is 3. The zero-order chi connectivity index (χ0) is 19.9. The van der Waals surface area contributed by atoms with E-state index in [0.29, 0.717) is 62.8 Å². The molecule has 0 spiro atoms. The highest BCUT2D eigenvalue weighted by molar-refractivity contribution is 5.92. The summed E-state index contributed by atoms with van der Waals surface area (Å²) in [6, 6.07) is 7.13. The molecule has 3 rings (SSSR count). The number of nitrogens with zero attached hydrogens (tertiary/aromatic N) is 5. The number of hydrogen-bond acceptors (Lipinski definition) is 7. The average molecular weight is 385 g/mol. The Bertz CT molecular complexity index is 791. The molecule has 28 heavy (non-hydrogen) atoms. The van der Waals surface area contributed by atoms with Gasteiger partial charge in [-0.3, -0.25) is 4.79 Å². The normalized spacial score (nSPS) is 14.3. The fourth-order valence-electron chi connectivity index (χ4n) is 2.90. The molecule has 1 amide bonds. The summed E-state index contributed by atoms with van der Waals surface area (Å²) in [4.78, 5) is 29.5. The number of rotatable bonds is 7. The molecule has 8 heteroatoms. The first kappa shape index (κ1) is 19.9. The molecule has 0 radical (unpaired) electrons. The van der Waals surface area contributed by atoms with Crippen molar-refractivity contribution < 1.29 is 14.3 Å². The van der Waals surface area contributed by atoms with E-state index in [9.17, 15) is 4.79 Å². The Morgan fingerprint density at radius 2 is 1.89 bits per heavy atom. The predicted molar refractivity (Wildman–Crippen MR) is 106 cm³/mol. The molecule has 150 valence electrons. The lowest BCUT2D eigenvalue weighted by Gasteiger charge is -2.35. The molecular formula is C20H27N5O3. The average Bonchev–Trinajstić information content (AvgIpc) is 2.72. The maximum atomic E-state index is 12.7. The molecule has 0 atom stereocenters. The van der Waals surface area contributed by atoms with Gasteiger partial charge in [-0.25, -0.2) is 15.0 Å². The van der Waals surface area contributed by atoms with Gasteiger partial charge in [0.25, 0.3) is 5.91 Å². The number of piperazine rings is 1. The van der Waals surface area contributed by atoms with Crippen LogP contribution in [0, 0.1) is 5.92 Å². The van der Waals surface area contributed by atoms with Crippen molar-refractivity contribution in [2.75, 3.05) is 44.3 Å². The molecule has 1 fully saturated rings. The number of amides is 1. The van der Waals surface area contributed by atoms with Crippen LogP contribution in [0.4, 0.5) is 5.82 Å². The van der Waals surface area contributed by atoms with Gasteiger partial charge in [0.15, 0.2) is 0 Å². The highest BCUT2D eigenvalue weighted by Crippen LogP contribution is 2.19. The molecule has 2 aromatic rings. The Morgan fingerprint density at radius 1 is 1.11 bits per heavy atom. The van der Waals surface area contributed by atoms with E-state index in [2.05, 4.69) is 33.7 Å². The van der Waals surface area contributed by atoms with E-state index < -0.39 is 0 Å². The highest BCUT2D eigenvalue weighted by atomic mass is 16.5. The molecule has 1 aliphatic rings. The topological polar surface area (TPSA) is 80.7 Å². The van der Waals surface area contributed by atoms with Gasteiger partial charge in [-0.05, 0) is 18.9 Å². The molecular weight excluding hydrogens is 358 g/mol. The van der Waals surface area contributed by atoms with Gasteiger partial charge < -0.3 is 19.3 Å². The van der Waals surface area contributed by atoms with Crippen molar-refractivity contribution in [3.05, 3.63) is 36.3 Å². The Hall–Kier alpha value is -2.90. The van der Waals surface area contributed by atoms with E-state index in [-0.39, 0.29) is 5.91 Å². The minimum atomic E-state index is -0.0788. The van der Waals surface area contributed by atoms with Crippen LogP contribution in [0.1, 0.15) is 31.3 Å². The maximum Gasteiger partial charge on any atom is 0.272 e. The largest absolute Gasteiger partial charge is 0.478 e. The SMILES string of the molecule is CCOc1cccc(C(=O)N2CCN(c3cc(OCC(C)C)ncn3)CC2)n1. The smallest absolute Gasteiger partial charge is 0.272 e. The van der Waals surface area contributed by atoms with Crippen LogP contribution < -0.4 is 14.4 Å². The number of pyridine rings is 1. The molecule has 3 heterocycles. The number of hydrogen-bond donors (Lipinski definition) is 0. The number of carbonyl (C=O) groups is 1. The van der Waals surface area contributed by atoms with Crippen molar-refractivity contribution in [1.82, 2.24) is 19.9 Å². The van der Waals surface area contributed by atoms with Gasteiger partial charge >= 0.3 is 0 Å². The molecule has 0 N–H and O–H groups in total. The Kier molecular flexibility index (Phi) is 6.62. The predicted octanol–water partition coefficient (Wildman–Crippen LogP) is 2.27. The summed E-state index contributed by atoms with van der Waals surface area (Å²) in [7, 11) is 0. The van der Waals surface area contributed by atoms with Crippen molar-refractivity contribution in [1.29, 1.82) is 0 Å². The summed E-state index contributed by atoms with van der Waals surface area (Å²) in [5, 5.41) is 0. The maximum absolute atomic E-state index is 12.7. The lowest BCUT2D eigenvalue weighted by Crippen LogP contribution is -2.49. The summed E-state index contributed by atoms with van der Waals surface area (Å²) in [5.41, 5.74) is 0.408. The van der Waals surface area contributed by atoms with Crippen LogP contribution >= 0.6 is 0 Å². The minimum absolute atomic E-state index is 0.0788. The zero-order valence-electron chi connectivity index (χ0n) is 16.7. The van der Waals surface area contributed by atoms with Gasteiger partial charge in [0.1, 0.15) is 17.8 Å². The van der Waals surface area contributed by atoms with Gasteiger partial charge in [-0.15, -0.1) is 0 Å². The van der Waals surface area contributed by atoms with Crippen molar-refractivity contribution >= 4 is 11.7 Å². The molecule has 0 saturated carbocycles. The van der Waals surface area contributed by atoms with Gasteiger partial charge in [-0.2, -0.15) is 0 Å². The molecule has 2 aromatic heterocycles. The molecule has 8 nitrogen and oxygen atoms in total. The minimum Gasteiger partial charge on any atom is -0.478 e. The lowest BCUT2D eigenvalue weighted by atomic mass is 10.2. The van der Waals surface area contributed by atoms with Crippen molar-refractivity contribution in [2.24, 2.45) is 5.92 Å². The summed E-state index contributed by atoms with van der Waals surface area (Å²) >= 11 is 0. The second kappa shape index (κ2) is 9.34. The van der Waals surface area contributed by atoms with Gasteiger partial charge in [0, 0.05) is 38.3 Å². The Labute approximate surface area is 165 Å². The van der Waals surface area contributed by atoms with E-state index in [1.807, 2.05) is 17.9 Å². The monoisotopic (exact) mass is 385 g/mol. The van der Waals surface area contributed by atoms with Gasteiger partial charge in [0.05, 0.1) is 13.2 Å². The van der Waals surface area contributed by atoms with Crippen LogP contribution in [0.25, 0.3) is 0 Å². The standard InChI is InChI=1S/C20H27N5O3/c1-4-27-18-7-5-6-16(23-18)20(26)25-10-8-24(9-11-25)17-12-19(22-14-21-17)28-13-15(2)3/h5-7,12,14-15H,4,8-11,13H2,1-3H3. The Morgan fingerprint density at radius 3 is 2.61 bits per heavy atom. The number of ether oxygens (including phenoxy) is 2. The third-order valence-electron chi connectivity index (χ3n) is 4.32. The van der Waals surface area contributed by atoms with Crippen LogP contribution in [0.5, 0.6) is 11.8 Å². The highest BCUT2D eigenvalue weighted by Gasteiger charge is 2.24. The second-order valence-electron chi connectivity index (χ2n) is 6.99. The van der Waals surface area contributed by atoms with E-state index >= 15 is 0 Å². The van der Waals surface area contributed by atoms with Crippen LogP contribution in [-0.4, -0.2) is 65.2 Å². The van der Waals surface area contributed by atoms with Crippen molar-refractivity contribution in [2.45, 2.75) is 20.8 Å². The van der Waals surface area contributed by atoms with E-state index in [0.717, 1.165) is 5.82 Å². The fourth-order valence-corrected chi connectivity index (χ4v) is 2.90. The van der Waals surface area contributed by atoms with Crippen LogP contribution in [0.2, 0.25) is 0 Å². The summed E-state index contributed by atoms with van der Waals surface area (Å²) < 4.78 is 11.1. The van der Waals surface area contributed by atoms with Gasteiger partial charge in [-0.1, -0.05) is 19.9 Å². The summed E-state index contributed by atoms with van der Waals surface area (Å²) in [6.45, 7) is 9.81. The first-order valence-corrected chi connectivity index (χ1v) is 9.65. The molecule has 0 aliphatic carbocycles. The molecule has 0 unspecified atom stereocenters. The third kappa shape index (κ3) is 5.09. The Balaban J connectivity index is 1.59. The van der Waals surface area contributed by atoms with Crippen LogP contribution in [0.3, 0.4) is 0 Å². The molecule has 0 bridgehead atoms. The molecule has 1 aliphatic heterocycles. The number of anilines is 1. The van der Waals surface area contributed by atoms with Crippen molar-refractivity contribution in [3.63, 3.8) is 0 Å². The van der Waals surface area contributed by atoms with Gasteiger partial charge in [0.2, 0.25) is 11.8 Å². The van der Waals surface area contributed by atoms with Crippen LogP contribution in [-0.2, 0) is 0 Å². The third-order valence-corrected chi connectivity index (χ3v) is 4.32. The first-order chi connectivity index (χ1) is 13.6. The van der Waals surface area contributed by atoms with E-state index in [1.54, 1.807) is 18.2 Å². The second-order valence-corrected chi connectivity index (χ2v) is 6.99. The van der Waals surface area contributed by atoms with Crippen molar-refractivity contribution in [3.8, 4) is 11.8 Å². The lowest BCUT2D eigenvalue weighted by molar-refractivity contribution is 0.0739. The fraction of sp³-hybridized carbons (Fsp3) is 0.500. The molecule has 1 saturated heterocycles. The quantitative estimate of drug-likeness (QED) is 0.723. The summed E-state index contributed by atoms with van der Waals surface area (Å²) in [5.74, 6) is 2.22. The number of carbonyl (C=O) groups excluding carboxylic acids is 1. The molecule has 0 aromatic carbocycles. The van der Waals surface area contributed by atoms with Crippen LogP contribution in [0.15, 0.2) is 30.6 Å².